The number of rotatable bonds is 4. The van der Waals surface area contributed by atoms with Gasteiger partial charge in [-0.25, -0.2) is 0 Å². The minimum atomic E-state index is -0.0419. The lowest BCUT2D eigenvalue weighted by Crippen LogP contribution is -2.23. The van der Waals surface area contributed by atoms with Crippen LogP contribution >= 0.6 is 12.2 Å². The van der Waals surface area contributed by atoms with Gasteiger partial charge in [0.1, 0.15) is 0 Å². The molecule has 1 unspecified atom stereocenters. The largest absolute Gasteiger partial charge is 0.315 e. The van der Waals surface area contributed by atoms with E-state index >= 15 is 0 Å². The van der Waals surface area contributed by atoms with Crippen LogP contribution in [-0.2, 0) is 7.05 Å². The zero-order valence-corrected chi connectivity index (χ0v) is 14.0. The first-order valence-corrected chi connectivity index (χ1v) is 7.66. The molecule has 2 heterocycles. The van der Waals surface area contributed by atoms with Gasteiger partial charge in [0.25, 0.3) is 5.56 Å². The first-order chi connectivity index (χ1) is 9.88. The Balaban J connectivity index is 2.67. The summed E-state index contributed by atoms with van der Waals surface area (Å²) in [5.41, 5.74) is 1.54. The molecular weight excluding hydrogens is 284 g/mol. The van der Waals surface area contributed by atoms with Crippen molar-refractivity contribution in [1.82, 2.24) is 19.3 Å². The summed E-state index contributed by atoms with van der Waals surface area (Å²) in [5.74, 6) is 0.914. The number of nitrogens with one attached hydrogen (secondary N) is 1. The highest BCUT2D eigenvalue weighted by Crippen LogP contribution is 2.21. The summed E-state index contributed by atoms with van der Waals surface area (Å²) in [5, 5.41) is 7.07. The van der Waals surface area contributed by atoms with Crippen LogP contribution in [0, 0.1) is 4.77 Å². The Morgan fingerprint density at radius 2 is 2.00 bits per heavy atom. The standard InChI is InChI=1S/C15H22N4OS/c1-6-10(4)19-13(16-17-15(19)21)11-7-8-12(9(2)3)18(5)14(11)20/h7-10H,6H2,1-5H3,(H,17,21). The van der Waals surface area contributed by atoms with Crippen molar-refractivity contribution >= 4 is 12.2 Å². The van der Waals surface area contributed by atoms with Crippen LogP contribution in [0.15, 0.2) is 16.9 Å². The van der Waals surface area contributed by atoms with Gasteiger partial charge in [-0.05, 0) is 43.6 Å². The highest BCUT2D eigenvalue weighted by molar-refractivity contribution is 7.71. The van der Waals surface area contributed by atoms with Crippen LogP contribution in [0.2, 0.25) is 0 Å². The fourth-order valence-electron chi connectivity index (χ4n) is 2.49. The summed E-state index contributed by atoms with van der Waals surface area (Å²) in [6, 6.07) is 4.03. The third-order valence-corrected chi connectivity index (χ3v) is 4.20. The van der Waals surface area contributed by atoms with Crippen molar-refractivity contribution in [2.45, 2.75) is 46.1 Å². The maximum absolute atomic E-state index is 12.6. The Morgan fingerprint density at radius 3 is 2.57 bits per heavy atom. The van der Waals surface area contributed by atoms with Crippen molar-refractivity contribution in [2.24, 2.45) is 7.05 Å². The number of hydrogen-bond donors (Lipinski definition) is 1. The molecule has 2 aromatic heterocycles. The van der Waals surface area contributed by atoms with Gasteiger partial charge in [0.2, 0.25) is 0 Å². The third kappa shape index (κ3) is 2.72. The van der Waals surface area contributed by atoms with E-state index in [1.807, 2.05) is 16.7 Å². The zero-order valence-electron chi connectivity index (χ0n) is 13.2. The molecule has 0 radical (unpaired) electrons. The molecule has 0 aromatic carbocycles. The van der Waals surface area contributed by atoms with Gasteiger partial charge in [0, 0.05) is 18.8 Å². The van der Waals surface area contributed by atoms with Crippen LogP contribution in [0.4, 0.5) is 0 Å². The van der Waals surface area contributed by atoms with E-state index < -0.39 is 0 Å². The molecule has 6 heteroatoms. The Bertz CT molecular complexity index is 754. The first kappa shape index (κ1) is 15.7. The predicted octanol–water partition coefficient (Wildman–Crippen LogP) is 3.40. The van der Waals surface area contributed by atoms with Gasteiger partial charge in [-0.2, -0.15) is 5.10 Å². The van der Waals surface area contributed by atoms with E-state index in [2.05, 4.69) is 37.9 Å². The summed E-state index contributed by atoms with van der Waals surface area (Å²) in [6.45, 7) is 8.30. The van der Waals surface area contributed by atoms with Crippen LogP contribution < -0.4 is 5.56 Å². The second kappa shape index (κ2) is 5.97. The Hall–Kier alpha value is -1.69. The molecule has 0 bridgehead atoms. The van der Waals surface area contributed by atoms with Crippen LogP contribution in [0.1, 0.15) is 51.8 Å². The van der Waals surface area contributed by atoms with Crippen LogP contribution in [0.25, 0.3) is 11.4 Å². The van der Waals surface area contributed by atoms with Crippen molar-refractivity contribution in [3.05, 3.63) is 33.0 Å². The number of aromatic nitrogens is 4. The predicted molar refractivity (Wildman–Crippen MR) is 87.2 cm³/mol. The molecule has 2 aromatic rings. The molecule has 2 rings (SSSR count). The van der Waals surface area contributed by atoms with Crippen molar-refractivity contribution in [3.8, 4) is 11.4 Å². The molecular formula is C15H22N4OS. The second-order valence-corrected chi connectivity index (χ2v) is 6.06. The van der Waals surface area contributed by atoms with Gasteiger partial charge in [0.15, 0.2) is 10.6 Å². The molecule has 0 saturated carbocycles. The van der Waals surface area contributed by atoms with Crippen LogP contribution in [-0.4, -0.2) is 19.3 Å². The lowest BCUT2D eigenvalue weighted by atomic mass is 10.1. The van der Waals surface area contributed by atoms with Crippen molar-refractivity contribution in [1.29, 1.82) is 0 Å². The highest BCUT2D eigenvalue weighted by atomic mass is 32.1. The van der Waals surface area contributed by atoms with Crippen LogP contribution in [0.3, 0.4) is 0 Å². The van der Waals surface area contributed by atoms with E-state index in [0.29, 0.717) is 22.1 Å². The van der Waals surface area contributed by atoms with Gasteiger partial charge in [-0.3, -0.25) is 14.5 Å². The summed E-state index contributed by atoms with van der Waals surface area (Å²) >= 11 is 5.29. The SMILES string of the molecule is CCC(C)n1c(-c2ccc(C(C)C)n(C)c2=O)n[nH]c1=S. The maximum Gasteiger partial charge on any atom is 0.261 e. The second-order valence-electron chi connectivity index (χ2n) is 5.67. The van der Waals surface area contributed by atoms with Crippen LogP contribution in [0.5, 0.6) is 0 Å². The quantitative estimate of drug-likeness (QED) is 0.881. The van der Waals surface area contributed by atoms with Gasteiger partial charge in [-0.15, -0.1) is 0 Å². The molecule has 0 aliphatic heterocycles. The normalized spacial score (nSPS) is 12.9. The van der Waals surface area contributed by atoms with E-state index in [9.17, 15) is 4.79 Å². The minimum Gasteiger partial charge on any atom is -0.315 e. The first-order valence-electron chi connectivity index (χ1n) is 7.25. The number of pyridine rings is 1. The smallest absolute Gasteiger partial charge is 0.261 e. The van der Waals surface area contributed by atoms with E-state index in [-0.39, 0.29) is 11.6 Å². The molecule has 0 saturated heterocycles. The van der Waals surface area contributed by atoms with Gasteiger partial charge >= 0.3 is 0 Å². The van der Waals surface area contributed by atoms with Crippen molar-refractivity contribution in [3.63, 3.8) is 0 Å². The minimum absolute atomic E-state index is 0.0419. The molecule has 1 N–H and O–H groups in total. The molecule has 0 spiro atoms. The van der Waals surface area contributed by atoms with Crippen molar-refractivity contribution < 1.29 is 0 Å². The average molecular weight is 306 g/mol. The number of aromatic amines is 1. The van der Waals surface area contributed by atoms with E-state index in [1.54, 1.807) is 11.6 Å². The molecule has 0 fully saturated rings. The number of nitrogens with zero attached hydrogens (tertiary/aromatic N) is 3. The van der Waals surface area contributed by atoms with Crippen molar-refractivity contribution in [2.75, 3.05) is 0 Å². The van der Waals surface area contributed by atoms with Gasteiger partial charge in [-0.1, -0.05) is 20.8 Å². The molecule has 0 amide bonds. The Morgan fingerprint density at radius 1 is 1.33 bits per heavy atom. The summed E-state index contributed by atoms with van der Waals surface area (Å²) in [4.78, 5) is 12.6. The van der Waals surface area contributed by atoms with E-state index in [0.717, 1.165) is 12.1 Å². The summed E-state index contributed by atoms with van der Waals surface area (Å²) < 4.78 is 4.16. The van der Waals surface area contributed by atoms with E-state index in [1.165, 1.54) is 0 Å². The number of hydrogen-bond acceptors (Lipinski definition) is 3. The zero-order chi connectivity index (χ0) is 15.7. The lowest BCUT2D eigenvalue weighted by Gasteiger charge is -2.15. The van der Waals surface area contributed by atoms with Gasteiger partial charge in [0.05, 0.1) is 5.56 Å². The van der Waals surface area contributed by atoms with E-state index in [4.69, 9.17) is 12.2 Å². The summed E-state index contributed by atoms with van der Waals surface area (Å²) in [7, 11) is 1.80. The Kier molecular flexibility index (Phi) is 4.46. The molecule has 5 nitrogen and oxygen atoms in total. The fraction of sp³-hybridized carbons (Fsp3) is 0.533. The molecule has 1 atom stereocenters. The average Bonchev–Trinajstić information content (AvgIpc) is 2.82. The molecule has 21 heavy (non-hydrogen) atoms. The fourth-order valence-corrected chi connectivity index (χ4v) is 2.80. The number of H-pyrrole nitrogens is 1. The third-order valence-electron chi connectivity index (χ3n) is 3.91. The molecule has 0 aliphatic carbocycles. The molecule has 114 valence electrons. The molecule has 0 aliphatic rings. The van der Waals surface area contributed by atoms with Gasteiger partial charge < -0.3 is 4.57 Å². The summed E-state index contributed by atoms with van der Waals surface area (Å²) in [6.07, 6.45) is 0.922. The highest BCUT2D eigenvalue weighted by Gasteiger charge is 2.18. The monoisotopic (exact) mass is 306 g/mol. The maximum atomic E-state index is 12.6. The Labute approximate surface area is 129 Å². The lowest BCUT2D eigenvalue weighted by molar-refractivity contribution is 0.528. The topological polar surface area (TPSA) is 55.6 Å².